The molecule has 3 N–H and O–H groups in total. The lowest BCUT2D eigenvalue weighted by atomic mass is 9.89. The first-order valence-electron chi connectivity index (χ1n) is 4.15. The van der Waals surface area contributed by atoms with E-state index in [-0.39, 0.29) is 10.9 Å². The van der Waals surface area contributed by atoms with Gasteiger partial charge in [0.25, 0.3) is 0 Å². The summed E-state index contributed by atoms with van der Waals surface area (Å²) in [7, 11) is 0. The largest absolute Gasteiger partial charge is 0.382 e. The molecule has 1 rings (SSSR count). The van der Waals surface area contributed by atoms with Gasteiger partial charge in [0.15, 0.2) is 5.50 Å². The van der Waals surface area contributed by atoms with Crippen molar-refractivity contribution < 1.29 is 0 Å². The number of amidine groups is 1. The maximum Gasteiger partial charge on any atom is 0.183 e. The van der Waals surface area contributed by atoms with Gasteiger partial charge in [-0.15, -0.1) is 11.8 Å². The van der Waals surface area contributed by atoms with Gasteiger partial charge in [-0.25, -0.2) is 4.99 Å². The van der Waals surface area contributed by atoms with Crippen LogP contribution in [0.1, 0.15) is 20.8 Å². The summed E-state index contributed by atoms with van der Waals surface area (Å²) in [6.07, 6.45) is 1.96. The second-order valence-corrected chi connectivity index (χ2v) is 4.86. The maximum atomic E-state index is 5.80. The predicted octanol–water partition coefficient (Wildman–Crippen LogP) is 0.996. The molecule has 1 aliphatic heterocycles. The normalized spacial score (nSPS) is 23.2. The standard InChI is InChI=1S/C8H16N4S/c1-8(2,3)5-6(9)10-7(13-4)12-11-5/h7,12H,1-4H3,(H2,9,10)/t7-/m0/s1. The SMILES string of the molecule is CS[C@H]1N=C(N)C(C(C)(C)C)=NN1. The number of hydrogen-bond donors (Lipinski definition) is 2. The number of nitrogens with one attached hydrogen (secondary N) is 1. The highest BCUT2D eigenvalue weighted by atomic mass is 32.2. The third-order valence-corrected chi connectivity index (χ3v) is 2.38. The first kappa shape index (κ1) is 10.4. The molecule has 0 aromatic rings. The molecule has 1 atom stereocenters. The van der Waals surface area contributed by atoms with E-state index in [0.29, 0.717) is 5.84 Å². The Hall–Kier alpha value is -0.710. The molecule has 0 unspecified atom stereocenters. The number of thioether (sulfide) groups is 1. The fraction of sp³-hybridized carbons (Fsp3) is 0.750. The van der Waals surface area contributed by atoms with Gasteiger partial charge in [0, 0.05) is 5.41 Å². The molecule has 0 radical (unpaired) electrons. The molecule has 1 heterocycles. The van der Waals surface area contributed by atoms with Crippen molar-refractivity contribution >= 4 is 23.3 Å². The van der Waals surface area contributed by atoms with Crippen molar-refractivity contribution in [1.29, 1.82) is 0 Å². The number of aliphatic imine (C=N–C) groups is 1. The topological polar surface area (TPSA) is 62.8 Å². The molecule has 4 nitrogen and oxygen atoms in total. The number of nitrogens with two attached hydrogens (primary N) is 1. The molecule has 0 aliphatic carbocycles. The third-order valence-electron chi connectivity index (χ3n) is 1.72. The molecule has 0 aromatic heterocycles. The van der Waals surface area contributed by atoms with Crippen molar-refractivity contribution in [2.75, 3.05) is 6.26 Å². The smallest absolute Gasteiger partial charge is 0.183 e. The van der Waals surface area contributed by atoms with Gasteiger partial charge in [0.1, 0.15) is 11.5 Å². The van der Waals surface area contributed by atoms with Crippen molar-refractivity contribution in [2.24, 2.45) is 21.2 Å². The molecular formula is C8H16N4S. The average molecular weight is 200 g/mol. The molecule has 74 valence electrons. The molecule has 0 amide bonds. The van der Waals surface area contributed by atoms with Gasteiger partial charge in [-0.3, -0.25) is 5.43 Å². The Labute approximate surface area is 83.1 Å². The highest BCUT2D eigenvalue weighted by Gasteiger charge is 2.26. The zero-order chi connectivity index (χ0) is 10.1. The summed E-state index contributed by atoms with van der Waals surface area (Å²) in [5, 5.41) is 4.22. The average Bonchev–Trinajstić information content (AvgIpc) is 2.01. The van der Waals surface area contributed by atoms with Gasteiger partial charge in [-0.1, -0.05) is 20.8 Å². The van der Waals surface area contributed by atoms with E-state index in [9.17, 15) is 0 Å². The number of nitrogens with zero attached hydrogens (tertiary/aromatic N) is 2. The van der Waals surface area contributed by atoms with Gasteiger partial charge in [0.05, 0.1) is 0 Å². The van der Waals surface area contributed by atoms with Crippen molar-refractivity contribution in [2.45, 2.75) is 26.3 Å². The Morgan fingerprint density at radius 3 is 2.46 bits per heavy atom. The molecule has 1 aliphatic rings. The van der Waals surface area contributed by atoms with Crippen LogP contribution >= 0.6 is 11.8 Å². The summed E-state index contributed by atoms with van der Waals surface area (Å²) in [5.74, 6) is 0.547. The highest BCUT2D eigenvalue weighted by molar-refractivity contribution is 7.99. The van der Waals surface area contributed by atoms with E-state index in [1.165, 1.54) is 0 Å². The van der Waals surface area contributed by atoms with Gasteiger partial charge in [-0.2, -0.15) is 5.10 Å². The lowest BCUT2D eigenvalue weighted by Gasteiger charge is -2.25. The van der Waals surface area contributed by atoms with E-state index in [4.69, 9.17) is 5.73 Å². The van der Waals surface area contributed by atoms with Crippen molar-refractivity contribution in [3.05, 3.63) is 0 Å². The number of hydrogen-bond acceptors (Lipinski definition) is 5. The van der Waals surface area contributed by atoms with E-state index in [0.717, 1.165) is 5.71 Å². The van der Waals surface area contributed by atoms with E-state index in [1.807, 2.05) is 6.26 Å². The molecule has 0 fully saturated rings. The Kier molecular flexibility index (Phi) is 2.85. The summed E-state index contributed by atoms with van der Waals surface area (Å²) in [6.45, 7) is 6.19. The minimum atomic E-state index is -0.0516. The van der Waals surface area contributed by atoms with Crippen LogP contribution in [0.3, 0.4) is 0 Å². The third kappa shape index (κ3) is 2.37. The summed E-state index contributed by atoms with van der Waals surface area (Å²) in [4.78, 5) is 4.26. The minimum absolute atomic E-state index is 0.0360. The maximum absolute atomic E-state index is 5.80. The van der Waals surface area contributed by atoms with Crippen LogP contribution in [-0.4, -0.2) is 23.3 Å². The van der Waals surface area contributed by atoms with Gasteiger partial charge < -0.3 is 5.73 Å². The quantitative estimate of drug-likeness (QED) is 0.663. The fourth-order valence-electron chi connectivity index (χ4n) is 1.05. The Bertz CT molecular complexity index is 251. The summed E-state index contributed by atoms with van der Waals surface area (Å²) in [5.41, 5.74) is 9.48. The van der Waals surface area contributed by atoms with Gasteiger partial charge in [0.2, 0.25) is 0 Å². The Morgan fingerprint density at radius 1 is 1.46 bits per heavy atom. The zero-order valence-electron chi connectivity index (χ0n) is 8.46. The minimum Gasteiger partial charge on any atom is -0.382 e. The van der Waals surface area contributed by atoms with Crippen molar-refractivity contribution in [1.82, 2.24) is 5.43 Å². The van der Waals surface area contributed by atoms with E-state index in [1.54, 1.807) is 11.8 Å². The number of hydrazone groups is 1. The lowest BCUT2D eigenvalue weighted by Crippen LogP contribution is -2.42. The van der Waals surface area contributed by atoms with Crippen LogP contribution in [0.15, 0.2) is 10.1 Å². The number of rotatable bonds is 1. The van der Waals surface area contributed by atoms with Gasteiger partial charge in [-0.05, 0) is 6.26 Å². The molecular weight excluding hydrogens is 184 g/mol. The predicted molar refractivity (Wildman–Crippen MR) is 59.0 cm³/mol. The van der Waals surface area contributed by atoms with Crippen LogP contribution < -0.4 is 11.2 Å². The molecule has 0 saturated carbocycles. The van der Waals surface area contributed by atoms with Crippen molar-refractivity contribution in [3.8, 4) is 0 Å². The molecule has 13 heavy (non-hydrogen) atoms. The van der Waals surface area contributed by atoms with Gasteiger partial charge >= 0.3 is 0 Å². The van der Waals surface area contributed by atoms with Crippen LogP contribution in [0.4, 0.5) is 0 Å². The van der Waals surface area contributed by atoms with Crippen LogP contribution in [0.25, 0.3) is 0 Å². The second-order valence-electron chi connectivity index (χ2n) is 3.94. The molecule has 0 bridgehead atoms. The lowest BCUT2D eigenvalue weighted by molar-refractivity contribution is 0.575. The summed E-state index contributed by atoms with van der Waals surface area (Å²) < 4.78 is 0. The molecule has 5 heteroatoms. The van der Waals surface area contributed by atoms with Crippen LogP contribution in [-0.2, 0) is 0 Å². The molecule has 0 spiro atoms. The molecule has 0 saturated heterocycles. The second kappa shape index (κ2) is 3.57. The van der Waals surface area contributed by atoms with Crippen LogP contribution in [0, 0.1) is 5.41 Å². The van der Waals surface area contributed by atoms with E-state index in [2.05, 4.69) is 36.3 Å². The van der Waals surface area contributed by atoms with Crippen LogP contribution in [0.2, 0.25) is 0 Å². The first-order chi connectivity index (χ1) is 5.95. The summed E-state index contributed by atoms with van der Waals surface area (Å²) >= 11 is 1.58. The first-order valence-corrected chi connectivity index (χ1v) is 5.44. The Morgan fingerprint density at radius 2 is 2.08 bits per heavy atom. The molecule has 0 aromatic carbocycles. The highest BCUT2D eigenvalue weighted by Crippen LogP contribution is 2.19. The Balaban J connectivity index is 2.83. The monoisotopic (exact) mass is 200 g/mol. The van der Waals surface area contributed by atoms with Crippen molar-refractivity contribution in [3.63, 3.8) is 0 Å². The zero-order valence-corrected chi connectivity index (χ0v) is 9.27. The van der Waals surface area contributed by atoms with E-state index >= 15 is 0 Å². The fourth-order valence-corrected chi connectivity index (χ4v) is 1.43. The van der Waals surface area contributed by atoms with E-state index < -0.39 is 0 Å². The van der Waals surface area contributed by atoms with Crippen LogP contribution in [0.5, 0.6) is 0 Å². The summed E-state index contributed by atoms with van der Waals surface area (Å²) in [6, 6.07) is 0.